The molecule has 0 rings (SSSR count). The molecule has 0 saturated heterocycles. The standard InChI is InChI=1S/C8H18N2O4S/c1-5-10(6-2)15(13,14)9(4)7(3)8(11)12/h7H,5-6H2,1-4H3,(H,11,12). The maximum Gasteiger partial charge on any atom is 0.321 e. The molecule has 0 radical (unpaired) electrons. The van der Waals surface area contributed by atoms with E-state index in [1.54, 1.807) is 13.8 Å². The van der Waals surface area contributed by atoms with E-state index in [9.17, 15) is 13.2 Å². The van der Waals surface area contributed by atoms with Crippen LogP contribution in [0.1, 0.15) is 20.8 Å². The molecule has 0 aliphatic rings. The lowest BCUT2D eigenvalue weighted by atomic mass is 10.4. The van der Waals surface area contributed by atoms with Gasteiger partial charge >= 0.3 is 5.97 Å². The minimum Gasteiger partial charge on any atom is -0.480 e. The predicted octanol–water partition coefficient (Wildman–Crippen LogP) is -0.0221. The molecule has 0 aliphatic carbocycles. The van der Waals surface area contributed by atoms with Crippen molar-refractivity contribution in [2.24, 2.45) is 0 Å². The van der Waals surface area contributed by atoms with E-state index in [-0.39, 0.29) is 0 Å². The Morgan fingerprint density at radius 2 is 1.73 bits per heavy atom. The third-order valence-electron chi connectivity index (χ3n) is 2.30. The van der Waals surface area contributed by atoms with Gasteiger partial charge in [-0.1, -0.05) is 13.8 Å². The molecule has 0 saturated carbocycles. The van der Waals surface area contributed by atoms with Gasteiger partial charge in [0.05, 0.1) is 0 Å². The summed E-state index contributed by atoms with van der Waals surface area (Å²) in [6.07, 6.45) is 0. The second kappa shape index (κ2) is 5.43. The molecule has 0 heterocycles. The second-order valence-corrected chi connectivity index (χ2v) is 5.11. The molecule has 0 spiro atoms. The lowest BCUT2D eigenvalue weighted by molar-refractivity contribution is -0.140. The summed E-state index contributed by atoms with van der Waals surface area (Å²) in [5, 5.41) is 8.72. The third kappa shape index (κ3) is 3.15. The zero-order valence-corrected chi connectivity index (χ0v) is 10.3. The summed E-state index contributed by atoms with van der Waals surface area (Å²) in [4.78, 5) is 10.7. The normalized spacial score (nSPS) is 14.5. The molecule has 0 aliphatic heterocycles. The van der Waals surface area contributed by atoms with Gasteiger partial charge < -0.3 is 5.11 Å². The highest BCUT2D eigenvalue weighted by Gasteiger charge is 2.31. The predicted molar refractivity (Wildman–Crippen MR) is 56.7 cm³/mol. The molecule has 90 valence electrons. The summed E-state index contributed by atoms with van der Waals surface area (Å²) in [5.74, 6) is -1.16. The largest absolute Gasteiger partial charge is 0.480 e. The number of hydrogen-bond acceptors (Lipinski definition) is 3. The summed E-state index contributed by atoms with van der Waals surface area (Å²) in [6.45, 7) is 5.41. The molecule has 0 aromatic carbocycles. The van der Waals surface area contributed by atoms with Crippen molar-refractivity contribution in [2.45, 2.75) is 26.8 Å². The Morgan fingerprint density at radius 3 is 2.00 bits per heavy atom. The van der Waals surface area contributed by atoms with Crippen molar-refractivity contribution in [1.29, 1.82) is 0 Å². The fraction of sp³-hybridized carbons (Fsp3) is 0.875. The van der Waals surface area contributed by atoms with Crippen molar-refractivity contribution in [1.82, 2.24) is 8.61 Å². The molecule has 1 N–H and O–H groups in total. The first-order valence-corrected chi connectivity index (χ1v) is 6.14. The van der Waals surface area contributed by atoms with E-state index in [2.05, 4.69) is 0 Å². The molecule has 1 unspecified atom stereocenters. The zero-order valence-electron chi connectivity index (χ0n) is 9.47. The number of nitrogens with zero attached hydrogens (tertiary/aromatic N) is 2. The van der Waals surface area contributed by atoms with Gasteiger partial charge in [0.15, 0.2) is 0 Å². The SMILES string of the molecule is CCN(CC)S(=O)(=O)N(C)C(C)C(=O)O. The maximum absolute atomic E-state index is 11.8. The van der Waals surface area contributed by atoms with E-state index >= 15 is 0 Å². The summed E-state index contributed by atoms with van der Waals surface area (Å²) in [5.41, 5.74) is 0. The van der Waals surface area contributed by atoms with Gasteiger partial charge in [-0.05, 0) is 6.92 Å². The van der Waals surface area contributed by atoms with E-state index in [0.717, 1.165) is 4.31 Å². The van der Waals surface area contributed by atoms with Crippen molar-refractivity contribution in [3.05, 3.63) is 0 Å². The van der Waals surface area contributed by atoms with E-state index < -0.39 is 22.2 Å². The average molecular weight is 238 g/mol. The molecule has 0 fully saturated rings. The van der Waals surface area contributed by atoms with Crippen molar-refractivity contribution >= 4 is 16.2 Å². The highest BCUT2D eigenvalue weighted by molar-refractivity contribution is 7.86. The molecule has 0 amide bonds. The Labute approximate surface area is 90.7 Å². The van der Waals surface area contributed by atoms with Crippen LogP contribution >= 0.6 is 0 Å². The van der Waals surface area contributed by atoms with Crippen LogP contribution in [0.4, 0.5) is 0 Å². The Bertz CT molecular complexity index is 311. The van der Waals surface area contributed by atoms with Crippen LogP contribution in [-0.4, -0.2) is 54.3 Å². The topological polar surface area (TPSA) is 77.9 Å². The molecule has 1 atom stereocenters. The molecular weight excluding hydrogens is 220 g/mol. The highest BCUT2D eigenvalue weighted by Crippen LogP contribution is 2.09. The van der Waals surface area contributed by atoms with Crippen LogP contribution < -0.4 is 0 Å². The molecule has 7 heteroatoms. The van der Waals surface area contributed by atoms with E-state index in [0.29, 0.717) is 13.1 Å². The summed E-state index contributed by atoms with van der Waals surface area (Å²) < 4.78 is 25.7. The monoisotopic (exact) mass is 238 g/mol. The average Bonchev–Trinajstić information content (AvgIpc) is 2.16. The van der Waals surface area contributed by atoms with E-state index in [1.165, 1.54) is 18.3 Å². The lowest BCUT2D eigenvalue weighted by Crippen LogP contribution is -2.48. The first-order chi connectivity index (χ1) is 6.78. The number of hydrogen-bond donors (Lipinski definition) is 1. The smallest absolute Gasteiger partial charge is 0.321 e. The Balaban J connectivity index is 4.95. The summed E-state index contributed by atoms with van der Waals surface area (Å²) in [7, 11) is -2.39. The fourth-order valence-corrected chi connectivity index (χ4v) is 2.59. The Morgan fingerprint density at radius 1 is 1.33 bits per heavy atom. The van der Waals surface area contributed by atoms with Gasteiger partial charge in [0.25, 0.3) is 10.2 Å². The number of aliphatic carboxylic acids is 1. The van der Waals surface area contributed by atoms with Gasteiger partial charge in [0, 0.05) is 20.1 Å². The molecular formula is C8H18N2O4S. The number of carbonyl (C=O) groups is 1. The first kappa shape index (κ1) is 14.3. The minimum atomic E-state index is -3.66. The molecule has 6 nitrogen and oxygen atoms in total. The molecule has 0 bridgehead atoms. The van der Waals surface area contributed by atoms with Gasteiger partial charge in [-0.2, -0.15) is 17.0 Å². The summed E-state index contributed by atoms with van der Waals surface area (Å²) in [6, 6.07) is -1.06. The molecule has 0 aromatic rings. The quantitative estimate of drug-likeness (QED) is 0.705. The fourth-order valence-electron chi connectivity index (χ4n) is 1.09. The molecule has 0 aromatic heterocycles. The van der Waals surface area contributed by atoms with Crippen LogP contribution in [-0.2, 0) is 15.0 Å². The number of carboxylic acid groups (broad SMARTS) is 1. The minimum absolute atomic E-state index is 0.329. The van der Waals surface area contributed by atoms with Crippen LogP contribution in [0.25, 0.3) is 0 Å². The van der Waals surface area contributed by atoms with Gasteiger partial charge in [-0.3, -0.25) is 4.79 Å². The number of likely N-dealkylation sites (N-methyl/N-ethyl adjacent to an activating group) is 1. The van der Waals surface area contributed by atoms with Crippen molar-refractivity contribution < 1.29 is 18.3 Å². The summed E-state index contributed by atoms with van der Waals surface area (Å²) >= 11 is 0. The van der Waals surface area contributed by atoms with E-state index in [4.69, 9.17) is 5.11 Å². The van der Waals surface area contributed by atoms with Crippen molar-refractivity contribution in [3.63, 3.8) is 0 Å². The Kier molecular flexibility index (Phi) is 5.19. The Hall–Kier alpha value is -0.660. The van der Waals surface area contributed by atoms with Gasteiger partial charge in [0.1, 0.15) is 6.04 Å². The highest BCUT2D eigenvalue weighted by atomic mass is 32.2. The van der Waals surface area contributed by atoms with Crippen LogP contribution in [0.3, 0.4) is 0 Å². The van der Waals surface area contributed by atoms with Gasteiger partial charge in [-0.25, -0.2) is 0 Å². The lowest BCUT2D eigenvalue weighted by Gasteiger charge is -2.27. The van der Waals surface area contributed by atoms with Gasteiger partial charge in [0.2, 0.25) is 0 Å². The van der Waals surface area contributed by atoms with Crippen molar-refractivity contribution in [2.75, 3.05) is 20.1 Å². The first-order valence-electron chi connectivity index (χ1n) is 4.74. The number of carboxylic acids is 1. The maximum atomic E-state index is 11.8. The zero-order chi connectivity index (χ0) is 12.2. The van der Waals surface area contributed by atoms with Crippen LogP contribution in [0.5, 0.6) is 0 Å². The molecule has 15 heavy (non-hydrogen) atoms. The van der Waals surface area contributed by atoms with Crippen LogP contribution in [0.15, 0.2) is 0 Å². The second-order valence-electron chi connectivity index (χ2n) is 3.12. The van der Waals surface area contributed by atoms with Crippen LogP contribution in [0, 0.1) is 0 Å². The van der Waals surface area contributed by atoms with Crippen molar-refractivity contribution in [3.8, 4) is 0 Å². The van der Waals surface area contributed by atoms with Gasteiger partial charge in [-0.15, -0.1) is 0 Å². The third-order valence-corrected chi connectivity index (χ3v) is 4.51. The van der Waals surface area contributed by atoms with Crippen LogP contribution in [0.2, 0.25) is 0 Å². The van der Waals surface area contributed by atoms with E-state index in [1.807, 2.05) is 0 Å². The number of rotatable bonds is 6.